The third-order valence-electron chi connectivity index (χ3n) is 1.27. The molecule has 0 aliphatic rings. The molecular formula is C8H11BrClN. The van der Waals surface area contributed by atoms with Crippen LogP contribution in [-0.4, -0.2) is 7.05 Å². The number of hydrogen-bond acceptors (Lipinski definition) is 1. The first-order valence-corrected chi connectivity index (χ1v) is 3.60. The molecule has 1 aromatic carbocycles. The van der Waals surface area contributed by atoms with E-state index in [1.165, 1.54) is 5.56 Å². The average molecular weight is 237 g/mol. The molecule has 11 heavy (non-hydrogen) atoms. The highest BCUT2D eigenvalue weighted by Crippen LogP contribution is 2.09. The summed E-state index contributed by atoms with van der Waals surface area (Å²) in [7, 11) is 1.92. The van der Waals surface area contributed by atoms with Gasteiger partial charge in [-0.15, -0.1) is 17.0 Å². The van der Waals surface area contributed by atoms with Gasteiger partial charge in [-0.05, 0) is 24.7 Å². The molecule has 62 valence electrons. The van der Waals surface area contributed by atoms with Crippen molar-refractivity contribution in [3.8, 4) is 0 Å². The average Bonchev–Trinajstić information content (AvgIpc) is 1.88. The van der Waals surface area contributed by atoms with Gasteiger partial charge >= 0.3 is 0 Å². The lowest BCUT2D eigenvalue weighted by atomic mass is 10.2. The van der Waals surface area contributed by atoms with Crippen LogP contribution >= 0.6 is 28.6 Å². The van der Waals surface area contributed by atoms with Crippen molar-refractivity contribution in [1.29, 1.82) is 0 Å². The van der Waals surface area contributed by atoms with Gasteiger partial charge in [-0.2, -0.15) is 0 Å². The second-order valence-electron chi connectivity index (χ2n) is 2.16. The first-order valence-electron chi connectivity index (χ1n) is 3.22. The van der Waals surface area contributed by atoms with Gasteiger partial charge in [-0.1, -0.05) is 23.7 Å². The van der Waals surface area contributed by atoms with Crippen LogP contribution in [0.25, 0.3) is 0 Å². The van der Waals surface area contributed by atoms with E-state index < -0.39 is 0 Å². The third kappa shape index (κ3) is 3.75. The van der Waals surface area contributed by atoms with Crippen LogP contribution in [0.3, 0.4) is 0 Å². The molecular weight excluding hydrogens is 225 g/mol. The summed E-state index contributed by atoms with van der Waals surface area (Å²) in [5.41, 5.74) is 1.22. The van der Waals surface area contributed by atoms with Gasteiger partial charge in [0, 0.05) is 11.6 Å². The SMILES string of the molecule is Br.CNCc1cccc(Cl)c1. The molecule has 3 heteroatoms. The highest BCUT2D eigenvalue weighted by Gasteiger charge is 1.89. The minimum atomic E-state index is 0. The molecule has 0 bridgehead atoms. The highest BCUT2D eigenvalue weighted by molar-refractivity contribution is 8.93. The maximum absolute atomic E-state index is 5.75. The van der Waals surface area contributed by atoms with Gasteiger partial charge in [-0.25, -0.2) is 0 Å². The van der Waals surface area contributed by atoms with Gasteiger partial charge in [0.25, 0.3) is 0 Å². The van der Waals surface area contributed by atoms with E-state index in [2.05, 4.69) is 5.32 Å². The largest absolute Gasteiger partial charge is 0.316 e. The molecule has 0 amide bonds. The Morgan fingerprint density at radius 2 is 2.18 bits per heavy atom. The minimum Gasteiger partial charge on any atom is -0.316 e. The van der Waals surface area contributed by atoms with E-state index >= 15 is 0 Å². The van der Waals surface area contributed by atoms with Crippen LogP contribution in [0.4, 0.5) is 0 Å². The molecule has 0 atom stereocenters. The second kappa shape index (κ2) is 5.58. The third-order valence-corrected chi connectivity index (χ3v) is 1.51. The van der Waals surface area contributed by atoms with Gasteiger partial charge < -0.3 is 5.32 Å². The zero-order chi connectivity index (χ0) is 7.40. The van der Waals surface area contributed by atoms with E-state index in [1.807, 2.05) is 31.3 Å². The van der Waals surface area contributed by atoms with Crippen LogP contribution < -0.4 is 5.32 Å². The summed E-state index contributed by atoms with van der Waals surface area (Å²) in [5, 5.41) is 3.85. The Morgan fingerprint density at radius 1 is 1.45 bits per heavy atom. The van der Waals surface area contributed by atoms with Crippen LogP contribution in [0.15, 0.2) is 24.3 Å². The van der Waals surface area contributed by atoms with E-state index in [0.717, 1.165) is 11.6 Å². The molecule has 0 spiro atoms. The molecule has 0 aliphatic heterocycles. The predicted molar refractivity (Wildman–Crippen MR) is 54.5 cm³/mol. The Balaban J connectivity index is 0.000001000. The number of hydrogen-bond donors (Lipinski definition) is 1. The van der Waals surface area contributed by atoms with Crippen LogP contribution in [0.1, 0.15) is 5.56 Å². The lowest BCUT2D eigenvalue weighted by molar-refractivity contribution is 0.818. The maximum Gasteiger partial charge on any atom is 0.0409 e. The Morgan fingerprint density at radius 3 is 2.73 bits per heavy atom. The van der Waals surface area contributed by atoms with E-state index in [4.69, 9.17) is 11.6 Å². The summed E-state index contributed by atoms with van der Waals surface area (Å²) < 4.78 is 0. The second-order valence-corrected chi connectivity index (χ2v) is 2.60. The monoisotopic (exact) mass is 235 g/mol. The van der Waals surface area contributed by atoms with Gasteiger partial charge in [0.15, 0.2) is 0 Å². The zero-order valence-corrected chi connectivity index (χ0v) is 8.77. The first kappa shape index (κ1) is 11.0. The van der Waals surface area contributed by atoms with Crippen molar-refractivity contribution < 1.29 is 0 Å². The molecule has 0 fully saturated rings. The van der Waals surface area contributed by atoms with Crippen LogP contribution in [-0.2, 0) is 6.54 Å². The molecule has 0 unspecified atom stereocenters. The summed E-state index contributed by atoms with van der Waals surface area (Å²) in [6.07, 6.45) is 0. The van der Waals surface area contributed by atoms with Gasteiger partial charge in [0.1, 0.15) is 0 Å². The van der Waals surface area contributed by atoms with Crippen molar-refractivity contribution in [1.82, 2.24) is 5.32 Å². The normalized spacial score (nSPS) is 8.91. The van der Waals surface area contributed by atoms with Gasteiger partial charge in [0.2, 0.25) is 0 Å². The van der Waals surface area contributed by atoms with E-state index in [0.29, 0.717) is 0 Å². The van der Waals surface area contributed by atoms with Crippen LogP contribution in [0, 0.1) is 0 Å². The minimum absolute atomic E-state index is 0. The molecule has 0 heterocycles. The molecule has 1 nitrogen and oxygen atoms in total. The van der Waals surface area contributed by atoms with E-state index in [9.17, 15) is 0 Å². The molecule has 0 aliphatic carbocycles. The number of benzene rings is 1. The van der Waals surface area contributed by atoms with Crippen molar-refractivity contribution in [2.75, 3.05) is 7.05 Å². The number of halogens is 2. The molecule has 0 saturated carbocycles. The Labute approximate surface area is 82.5 Å². The van der Waals surface area contributed by atoms with Crippen LogP contribution in [0.2, 0.25) is 5.02 Å². The zero-order valence-electron chi connectivity index (χ0n) is 6.30. The fourth-order valence-corrected chi connectivity index (χ4v) is 1.06. The molecule has 1 rings (SSSR count). The Kier molecular flexibility index (Phi) is 5.56. The number of rotatable bonds is 2. The first-order chi connectivity index (χ1) is 4.83. The fraction of sp³-hybridized carbons (Fsp3) is 0.250. The van der Waals surface area contributed by atoms with Crippen molar-refractivity contribution in [3.63, 3.8) is 0 Å². The topological polar surface area (TPSA) is 12.0 Å². The van der Waals surface area contributed by atoms with Crippen molar-refractivity contribution in [3.05, 3.63) is 34.9 Å². The highest BCUT2D eigenvalue weighted by atomic mass is 79.9. The molecule has 0 aromatic heterocycles. The van der Waals surface area contributed by atoms with Gasteiger partial charge in [0.05, 0.1) is 0 Å². The predicted octanol–water partition coefficient (Wildman–Crippen LogP) is 2.64. The number of nitrogens with one attached hydrogen (secondary N) is 1. The van der Waals surface area contributed by atoms with Crippen molar-refractivity contribution >= 4 is 28.6 Å². The molecule has 0 saturated heterocycles. The summed E-state index contributed by atoms with van der Waals surface area (Å²) in [4.78, 5) is 0. The van der Waals surface area contributed by atoms with Crippen molar-refractivity contribution in [2.45, 2.75) is 6.54 Å². The van der Waals surface area contributed by atoms with E-state index in [1.54, 1.807) is 0 Å². The van der Waals surface area contributed by atoms with E-state index in [-0.39, 0.29) is 17.0 Å². The maximum atomic E-state index is 5.75. The summed E-state index contributed by atoms with van der Waals surface area (Å²) in [5.74, 6) is 0. The molecule has 0 radical (unpaired) electrons. The van der Waals surface area contributed by atoms with Crippen LogP contribution in [0.5, 0.6) is 0 Å². The van der Waals surface area contributed by atoms with Crippen molar-refractivity contribution in [2.24, 2.45) is 0 Å². The lowest BCUT2D eigenvalue weighted by Gasteiger charge is -1.98. The fourth-order valence-electron chi connectivity index (χ4n) is 0.851. The quantitative estimate of drug-likeness (QED) is 0.832. The van der Waals surface area contributed by atoms with Gasteiger partial charge in [-0.3, -0.25) is 0 Å². The standard InChI is InChI=1S/C8H10ClN.BrH/c1-10-6-7-3-2-4-8(9)5-7;/h2-5,10H,6H2,1H3;1H. The Bertz CT molecular complexity index is 215. The molecule has 1 N–H and O–H groups in total. The lowest BCUT2D eigenvalue weighted by Crippen LogP contribution is -2.04. The summed E-state index contributed by atoms with van der Waals surface area (Å²) >= 11 is 5.75. The summed E-state index contributed by atoms with van der Waals surface area (Å²) in [6.45, 7) is 0.876. The molecule has 1 aromatic rings. The summed E-state index contributed by atoms with van der Waals surface area (Å²) in [6, 6.07) is 7.83. The Hall–Kier alpha value is -0.0500. The smallest absolute Gasteiger partial charge is 0.0409 e.